The maximum Gasteiger partial charge on any atom is 0.272 e. The molecule has 0 saturated carbocycles. The molecule has 0 aromatic heterocycles. The molecule has 138 valence electrons. The van der Waals surface area contributed by atoms with Crippen molar-refractivity contribution in [3.8, 4) is 5.75 Å². The van der Waals surface area contributed by atoms with Gasteiger partial charge < -0.3 is 14.8 Å². The van der Waals surface area contributed by atoms with Gasteiger partial charge in [0.25, 0.3) is 5.69 Å². The molecular formula is C19H21FN2O4. The Labute approximate surface area is 151 Å². The van der Waals surface area contributed by atoms with E-state index in [0.29, 0.717) is 19.8 Å². The maximum absolute atomic E-state index is 14.2. The number of ether oxygens (including phenoxy) is 2. The molecular weight excluding hydrogens is 339 g/mol. The third-order valence-corrected chi connectivity index (χ3v) is 4.93. The van der Waals surface area contributed by atoms with E-state index in [1.807, 2.05) is 24.3 Å². The summed E-state index contributed by atoms with van der Waals surface area (Å²) in [7, 11) is 1.62. The molecule has 1 heterocycles. The molecule has 0 aliphatic carbocycles. The molecule has 2 aromatic carbocycles. The fourth-order valence-corrected chi connectivity index (χ4v) is 3.30. The van der Waals surface area contributed by atoms with Gasteiger partial charge in [0.1, 0.15) is 5.75 Å². The summed E-state index contributed by atoms with van der Waals surface area (Å²) < 4.78 is 24.9. The summed E-state index contributed by atoms with van der Waals surface area (Å²) in [5, 5.41) is 13.9. The summed E-state index contributed by atoms with van der Waals surface area (Å²) >= 11 is 0. The average Bonchev–Trinajstić information content (AvgIpc) is 2.67. The molecule has 0 atom stereocenters. The number of benzene rings is 2. The topological polar surface area (TPSA) is 73.6 Å². The molecule has 26 heavy (non-hydrogen) atoms. The highest BCUT2D eigenvalue weighted by Gasteiger charge is 2.34. The van der Waals surface area contributed by atoms with E-state index >= 15 is 0 Å². The van der Waals surface area contributed by atoms with Crippen LogP contribution in [0.15, 0.2) is 42.5 Å². The van der Waals surface area contributed by atoms with E-state index in [0.717, 1.165) is 30.2 Å². The fourth-order valence-electron chi connectivity index (χ4n) is 3.30. The monoisotopic (exact) mass is 360 g/mol. The Morgan fingerprint density at radius 3 is 2.50 bits per heavy atom. The SMILES string of the molecule is COc1ccc(C2(CNc3ccc([N+](=O)[O-])cc3F)CCOCC2)cc1. The number of anilines is 1. The van der Waals surface area contributed by atoms with Crippen LogP contribution in [0.5, 0.6) is 5.75 Å². The first-order chi connectivity index (χ1) is 12.5. The number of nitro groups is 1. The van der Waals surface area contributed by atoms with E-state index in [9.17, 15) is 14.5 Å². The van der Waals surface area contributed by atoms with Gasteiger partial charge in [-0.15, -0.1) is 0 Å². The van der Waals surface area contributed by atoms with Crippen LogP contribution in [-0.4, -0.2) is 31.8 Å². The minimum absolute atomic E-state index is 0.196. The lowest BCUT2D eigenvalue weighted by Gasteiger charge is -2.38. The minimum Gasteiger partial charge on any atom is -0.497 e. The van der Waals surface area contributed by atoms with E-state index < -0.39 is 10.7 Å². The van der Waals surface area contributed by atoms with Gasteiger partial charge in [0.2, 0.25) is 0 Å². The molecule has 1 N–H and O–H groups in total. The van der Waals surface area contributed by atoms with Crippen molar-refractivity contribution in [2.24, 2.45) is 0 Å². The number of hydrogen-bond acceptors (Lipinski definition) is 5. The molecule has 0 amide bonds. The van der Waals surface area contributed by atoms with Crippen LogP contribution in [0.1, 0.15) is 18.4 Å². The molecule has 2 aromatic rings. The zero-order chi connectivity index (χ0) is 18.6. The van der Waals surface area contributed by atoms with Crippen LogP contribution in [0.2, 0.25) is 0 Å². The van der Waals surface area contributed by atoms with Gasteiger partial charge in [-0.2, -0.15) is 0 Å². The van der Waals surface area contributed by atoms with E-state index in [4.69, 9.17) is 9.47 Å². The van der Waals surface area contributed by atoms with Crippen LogP contribution in [0.25, 0.3) is 0 Å². The van der Waals surface area contributed by atoms with Crippen molar-refractivity contribution in [1.29, 1.82) is 0 Å². The van der Waals surface area contributed by atoms with Crippen molar-refractivity contribution in [3.05, 3.63) is 64.0 Å². The van der Waals surface area contributed by atoms with Crippen LogP contribution in [-0.2, 0) is 10.2 Å². The number of halogens is 1. The second-order valence-electron chi connectivity index (χ2n) is 6.40. The Morgan fingerprint density at radius 1 is 1.23 bits per heavy atom. The molecule has 7 heteroatoms. The van der Waals surface area contributed by atoms with Gasteiger partial charge >= 0.3 is 0 Å². The molecule has 1 aliphatic rings. The van der Waals surface area contributed by atoms with Crippen LogP contribution in [0, 0.1) is 15.9 Å². The molecule has 6 nitrogen and oxygen atoms in total. The summed E-state index contributed by atoms with van der Waals surface area (Å²) in [6.45, 7) is 1.78. The summed E-state index contributed by atoms with van der Waals surface area (Å²) in [6.07, 6.45) is 1.61. The lowest BCUT2D eigenvalue weighted by Crippen LogP contribution is -2.40. The first-order valence-corrected chi connectivity index (χ1v) is 8.44. The van der Waals surface area contributed by atoms with Crippen molar-refractivity contribution < 1.29 is 18.8 Å². The number of nitro benzene ring substituents is 1. The van der Waals surface area contributed by atoms with Crippen molar-refractivity contribution in [2.45, 2.75) is 18.3 Å². The summed E-state index contributed by atoms with van der Waals surface area (Å²) in [5.41, 5.74) is 0.939. The van der Waals surface area contributed by atoms with E-state index in [1.54, 1.807) is 7.11 Å². The Kier molecular flexibility index (Phi) is 5.37. The van der Waals surface area contributed by atoms with E-state index in [1.165, 1.54) is 12.1 Å². The number of rotatable bonds is 6. The Morgan fingerprint density at radius 2 is 1.92 bits per heavy atom. The molecule has 1 aliphatic heterocycles. The van der Waals surface area contributed by atoms with E-state index in [-0.39, 0.29) is 16.8 Å². The van der Waals surface area contributed by atoms with Crippen molar-refractivity contribution in [1.82, 2.24) is 0 Å². The van der Waals surface area contributed by atoms with Gasteiger partial charge in [0.15, 0.2) is 5.82 Å². The second kappa shape index (κ2) is 7.70. The van der Waals surface area contributed by atoms with Crippen molar-refractivity contribution >= 4 is 11.4 Å². The number of methoxy groups -OCH3 is 1. The number of hydrogen-bond donors (Lipinski definition) is 1. The first kappa shape index (κ1) is 18.1. The standard InChI is InChI=1S/C19H21FN2O4/c1-25-16-5-2-14(3-6-16)19(8-10-26-11-9-19)13-21-18-7-4-15(22(23)24)12-17(18)20/h2-7,12,21H,8-11,13H2,1H3. The quantitative estimate of drug-likeness (QED) is 0.625. The van der Waals surface area contributed by atoms with E-state index in [2.05, 4.69) is 5.32 Å². The summed E-state index contributed by atoms with van der Waals surface area (Å²) in [4.78, 5) is 10.1. The smallest absolute Gasteiger partial charge is 0.272 e. The van der Waals surface area contributed by atoms with Gasteiger partial charge in [-0.1, -0.05) is 12.1 Å². The average molecular weight is 360 g/mol. The minimum atomic E-state index is -0.629. The van der Waals surface area contributed by atoms with Gasteiger partial charge in [-0.3, -0.25) is 10.1 Å². The normalized spacial score (nSPS) is 16.1. The van der Waals surface area contributed by atoms with Crippen LogP contribution in [0.4, 0.5) is 15.8 Å². The second-order valence-corrected chi connectivity index (χ2v) is 6.40. The maximum atomic E-state index is 14.2. The number of nitrogens with zero attached hydrogens (tertiary/aromatic N) is 1. The molecule has 1 saturated heterocycles. The van der Waals surface area contributed by atoms with Gasteiger partial charge in [0, 0.05) is 31.2 Å². The highest BCUT2D eigenvalue weighted by Crippen LogP contribution is 2.36. The predicted molar refractivity (Wildman–Crippen MR) is 96.3 cm³/mol. The first-order valence-electron chi connectivity index (χ1n) is 8.44. The molecule has 0 bridgehead atoms. The lowest BCUT2D eigenvalue weighted by molar-refractivity contribution is -0.385. The van der Waals surface area contributed by atoms with Crippen LogP contribution in [0.3, 0.4) is 0 Å². The summed E-state index contributed by atoms with van der Waals surface area (Å²) in [6, 6.07) is 11.5. The molecule has 0 spiro atoms. The van der Waals surface area contributed by atoms with Crippen molar-refractivity contribution in [3.63, 3.8) is 0 Å². The van der Waals surface area contributed by atoms with Crippen LogP contribution >= 0.6 is 0 Å². The number of nitrogens with one attached hydrogen (secondary N) is 1. The van der Waals surface area contributed by atoms with Crippen molar-refractivity contribution in [2.75, 3.05) is 32.2 Å². The predicted octanol–water partition coefficient (Wildman–Crippen LogP) is 3.90. The van der Waals surface area contributed by atoms with Crippen LogP contribution < -0.4 is 10.1 Å². The third kappa shape index (κ3) is 3.77. The summed E-state index contributed by atoms with van der Waals surface area (Å²) in [5.74, 6) is 0.154. The highest BCUT2D eigenvalue weighted by molar-refractivity contribution is 5.51. The Hall–Kier alpha value is -2.67. The largest absolute Gasteiger partial charge is 0.497 e. The molecule has 3 rings (SSSR count). The highest BCUT2D eigenvalue weighted by atomic mass is 19.1. The Bertz CT molecular complexity index is 774. The molecule has 0 radical (unpaired) electrons. The fraction of sp³-hybridized carbons (Fsp3) is 0.368. The zero-order valence-corrected chi connectivity index (χ0v) is 14.5. The Balaban J connectivity index is 1.81. The third-order valence-electron chi connectivity index (χ3n) is 4.93. The zero-order valence-electron chi connectivity index (χ0n) is 14.5. The van der Waals surface area contributed by atoms with Gasteiger partial charge in [-0.25, -0.2) is 4.39 Å². The number of non-ortho nitro benzene ring substituents is 1. The van der Waals surface area contributed by atoms with Gasteiger partial charge in [-0.05, 0) is 36.6 Å². The lowest BCUT2D eigenvalue weighted by atomic mass is 9.74. The molecule has 1 fully saturated rings. The van der Waals surface area contributed by atoms with Gasteiger partial charge in [0.05, 0.1) is 23.8 Å². The molecule has 0 unspecified atom stereocenters.